The summed E-state index contributed by atoms with van der Waals surface area (Å²) in [5.74, 6) is 0.0856. The molecule has 2 heterocycles. The highest BCUT2D eigenvalue weighted by molar-refractivity contribution is 9.10. The predicted octanol–water partition coefficient (Wildman–Crippen LogP) is 3.81. The van der Waals surface area contributed by atoms with Crippen LogP contribution in [0.25, 0.3) is 0 Å². The second-order valence-corrected chi connectivity index (χ2v) is 6.21. The van der Waals surface area contributed by atoms with Crippen LogP contribution in [0.15, 0.2) is 59.3 Å². The lowest BCUT2D eigenvalue weighted by molar-refractivity contribution is 0.102. The minimum Gasteiger partial charge on any atom is -0.349 e. The van der Waals surface area contributed by atoms with E-state index in [2.05, 4.69) is 41.5 Å². The van der Waals surface area contributed by atoms with Crippen LogP contribution in [-0.2, 0) is 6.54 Å². The molecule has 126 valence electrons. The Kier molecular flexibility index (Phi) is 5.35. The van der Waals surface area contributed by atoms with Crippen molar-refractivity contribution in [1.29, 1.82) is 0 Å². The molecule has 2 aromatic heterocycles. The highest BCUT2D eigenvalue weighted by atomic mass is 79.9. The molecule has 0 unspecified atom stereocenters. The Labute approximate surface area is 153 Å². The molecule has 0 aliphatic carbocycles. The number of aromatic nitrogens is 3. The van der Waals surface area contributed by atoms with Gasteiger partial charge in [0.2, 0.25) is 5.95 Å². The highest BCUT2D eigenvalue weighted by Gasteiger charge is 2.10. The summed E-state index contributed by atoms with van der Waals surface area (Å²) in [5.41, 5.74) is 2.95. The number of nitrogens with zero attached hydrogens (tertiary/aromatic N) is 3. The van der Waals surface area contributed by atoms with E-state index >= 15 is 0 Å². The molecular weight excluding hydrogens is 382 g/mol. The fourth-order valence-electron chi connectivity index (χ4n) is 2.11. The van der Waals surface area contributed by atoms with Crippen LogP contribution >= 0.6 is 15.9 Å². The van der Waals surface area contributed by atoms with E-state index in [9.17, 15) is 4.79 Å². The van der Waals surface area contributed by atoms with E-state index in [-0.39, 0.29) is 11.6 Å². The van der Waals surface area contributed by atoms with Crippen LogP contribution in [0.2, 0.25) is 0 Å². The predicted molar refractivity (Wildman–Crippen MR) is 100 cm³/mol. The monoisotopic (exact) mass is 397 g/mol. The van der Waals surface area contributed by atoms with Crippen molar-refractivity contribution in [3.8, 4) is 0 Å². The van der Waals surface area contributed by atoms with Gasteiger partial charge < -0.3 is 10.6 Å². The second-order valence-electron chi connectivity index (χ2n) is 5.36. The molecule has 0 bridgehead atoms. The maximum atomic E-state index is 12.4. The zero-order chi connectivity index (χ0) is 17.6. The van der Waals surface area contributed by atoms with Gasteiger partial charge in [-0.3, -0.25) is 9.78 Å². The molecule has 3 aromatic rings. The summed E-state index contributed by atoms with van der Waals surface area (Å²) in [6.07, 6.45) is 3.27. The summed E-state index contributed by atoms with van der Waals surface area (Å²) in [6, 6.07) is 12.9. The lowest BCUT2D eigenvalue weighted by Crippen LogP contribution is -2.15. The van der Waals surface area contributed by atoms with Crippen molar-refractivity contribution in [3.63, 3.8) is 0 Å². The minimum atomic E-state index is -0.293. The first-order valence-electron chi connectivity index (χ1n) is 7.66. The first-order valence-corrected chi connectivity index (χ1v) is 8.45. The van der Waals surface area contributed by atoms with Gasteiger partial charge in [-0.25, -0.2) is 9.97 Å². The maximum Gasteiger partial charge on any atom is 0.274 e. The molecule has 25 heavy (non-hydrogen) atoms. The normalized spacial score (nSPS) is 10.3. The summed E-state index contributed by atoms with van der Waals surface area (Å²) >= 11 is 3.45. The van der Waals surface area contributed by atoms with Crippen LogP contribution in [0.5, 0.6) is 0 Å². The second kappa shape index (κ2) is 7.85. The molecule has 0 aliphatic rings. The molecule has 1 aromatic carbocycles. The number of hydrogen-bond donors (Lipinski definition) is 2. The highest BCUT2D eigenvalue weighted by Crippen LogP contribution is 2.21. The number of pyridine rings is 1. The zero-order valence-corrected chi connectivity index (χ0v) is 15.1. The van der Waals surface area contributed by atoms with Crippen LogP contribution in [0.4, 0.5) is 11.6 Å². The van der Waals surface area contributed by atoms with Gasteiger partial charge in [-0.05, 0) is 42.8 Å². The first kappa shape index (κ1) is 17.0. The van der Waals surface area contributed by atoms with E-state index in [0.29, 0.717) is 18.2 Å². The third kappa shape index (κ3) is 4.60. The molecular formula is C18H16BrN5O. The summed E-state index contributed by atoms with van der Waals surface area (Å²) in [4.78, 5) is 25.0. The Bertz CT molecular complexity index is 886. The Morgan fingerprint density at radius 1 is 1.12 bits per heavy atom. The van der Waals surface area contributed by atoms with Crippen LogP contribution in [-0.4, -0.2) is 20.9 Å². The topological polar surface area (TPSA) is 79.8 Å². The third-order valence-electron chi connectivity index (χ3n) is 3.47. The van der Waals surface area contributed by atoms with E-state index in [1.165, 1.54) is 0 Å². The number of carbonyl (C=O) groups is 1. The molecule has 0 fully saturated rings. The fourth-order valence-corrected chi connectivity index (χ4v) is 2.49. The van der Waals surface area contributed by atoms with Crippen LogP contribution in [0.3, 0.4) is 0 Å². The SMILES string of the molecule is Cc1ccc(NC(=O)c2ccnc(NCc3ccccn3)n2)cc1Br. The molecule has 0 spiro atoms. The Balaban J connectivity index is 1.67. The van der Waals surface area contributed by atoms with Gasteiger partial charge in [0.25, 0.3) is 5.91 Å². The molecule has 0 saturated carbocycles. The lowest BCUT2D eigenvalue weighted by atomic mass is 10.2. The largest absolute Gasteiger partial charge is 0.349 e. The molecule has 0 atom stereocenters. The minimum absolute atomic E-state index is 0.287. The number of anilines is 2. The van der Waals surface area contributed by atoms with Crippen molar-refractivity contribution in [2.75, 3.05) is 10.6 Å². The van der Waals surface area contributed by atoms with Gasteiger partial charge in [0, 0.05) is 22.6 Å². The van der Waals surface area contributed by atoms with E-state index in [1.54, 1.807) is 18.5 Å². The molecule has 3 rings (SSSR count). The van der Waals surface area contributed by atoms with Crippen LogP contribution in [0, 0.1) is 6.92 Å². The lowest BCUT2D eigenvalue weighted by Gasteiger charge is -2.08. The summed E-state index contributed by atoms with van der Waals surface area (Å²) in [6.45, 7) is 2.47. The van der Waals surface area contributed by atoms with E-state index in [4.69, 9.17) is 0 Å². The number of aryl methyl sites for hydroxylation is 1. The molecule has 6 nitrogen and oxygen atoms in total. The summed E-state index contributed by atoms with van der Waals surface area (Å²) < 4.78 is 0.936. The summed E-state index contributed by atoms with van der Waals surface area (Å²) in [7, 11) is 0. The fraction of sp³-hybridized carbons (Fsp3) is 0.111. The average molecular weight is 398 g/mol. The summed E-state index contributed by atoms with van der Waals surface area (Å²) in [5, 5.41) is 5.89. The molecule has 2 N–H and O–H groups in total. The third-order valence-corrected chi connectivity index (χ3v) is 4.33. The van der Waals surface area contributed by atoms with Gasteiger partial charge in [-0.2, -0.15) is 0 Å². The maximum absolute atomic E-state index is 12.4. The number of rotatable bonds is 5. The van der Waals surface area contributed by atoms with Crippen molar-refractivity contribution >= 4 is 33.5 Å². The molecule has 0 aliphatic heterocycles. The van der Waals surface area contributed by atoms with Gasteiger partial charge in [-0.15, -0.1) is 0 Å². The Morgan fingerprint density at radius 2 is 2.00 bits per heavy atom. The zero-order valence-electron chi connectivity index (χ0n) is 13.5. The number of nitrogens with one attached hydrogen (secondary N) is 2. The van der Waals surface area contributed by atoms with Crippen LogP contribution < -0.4 is 10.6 Å². The van der Waals surface area contributed by atoms with Gasteiger partial charge in [-0.1, -0.05) is 28.1 Å². The van der Waals surface area contributed by atoms with Gasteiger partial charge in [0.05, 0.1) is 12.2 Å². The van der Waals surface area contributed by atoms with Crippen molar-refractivity contribution in [1.82, 2.24) is 15.0 Å². The average Bonchev–Trinajstić information content (AvgIpc) is 2.64. The standard InChI is InChI=1S/C18H16BrN5O/c1-12-5-6-13(10-15(12)19)23-17(25)16-7-9-21-18(24-16)22-11-14-4-2-3-8-20-14/h2-10H,11H2,1H3,(H,23,25)(H,21,22,24). The Hall–Kier alpha value is -2.80. The smallest absolute Gasteiger partial charge is 0.274 e. The van der Waals surface area contributed by atoms with Gasteiger partial charge in [0.1, 0.15) is 5.69 Å². The number of halogens is 1. The van der Waals surface area contributed by atoms with Gasteiger partial charge >= 0.3 is 0 Å². The molecule has 7 heteroatoms. The number of benzene rings is 1. The van der Waals surface area contributed by atoms with E-state index in [1.807, 2.05) is 43.3 Å². The van der Waals surface area contributed by atoms with Crippen molar-refractivity contribution in [2.45, 2.75) is 13.5 Å². The molecule has 1 amide bonds. The van der Waals surface area contributed by atoms with E-state index < -0.39 is 0 Å². The van der Waals surface area contributed by atoms with Crippen LogP contribution in [0.1, 0.15) is 21.7 Å². The van der Waals surface area contributed by atoms with E-state index in [0.717, 1.165) is 15.7 Å². The molecule has 0 saturated heterocycles. The van der Waals surface area contributed by atoms with Crippen molar-refractivity contribution in [3.05, 3.63) is 76.3 Å². The number of hydrogen-bond acceptors (Lipinski definition) is 5. The van der Waals surface area contributed by atoms with Crippen molar-refractivity contribution in [2.24, 2.45) is 0 Å². The number of amides is 1. The van der Waals surface area contributed by atoms with Gasteiger partial charge in [0.15, 0.2) is 0 Å². The van der Waals surface area contributed by atoms with Crippen molar-refractivity contribution < 1.29 is 4.79 Å². The number of carbonyl (C=O) groups excluding carboxylic acids is 1. The Morgan fingerprint density at radius 3 is 2.76 bits per heavy atom. The first-order chi connectivity index (χ1) is 12.1. The molecule has 0 radical (unpaired) electrons. The quantitative estimate of drug-likeness (QED) is 0.684.